The molecule has 0 saturated heterocycles. The fraction of sp³-hybridized carbons (Fsp3) is 0.552. The van der Waals surface area contributed by atoms with E-state index in [1.807, 2.05) is 6.20 Å². The Kier molecular flexibility index (Phi) is 9.54. The van der Waals surface area contributed by atoms with Crippen molar-refractivity contribution in [1.29, 1.82) is 0 Å². The van der Waals surface area contributed by atoms with Gasteiger partial charge in [-0.1, -0.05) is 78.6 Å². The van der Waals surface area contributed by atoms with Crippen molar-refractivity contribution in [3.63, 3.8) is 0 Å². The molecule has 1 unspecified atom stereocenters. The minimum absolute atomic E-state index is 0.240. The predicted octanol–water partition coefficient (Wildman–Crippen LogP) is 7.69. The SMILES string of the molecule is CCCCCCCCc1ncc(-c2ccc(-c3c(CC(CC)CCCC)nc4c(=O)c(=O)nc3-4)s2)s1. The van der Waals surface area contributed by atoms with Crippen LogP contribution in [0.25, 0.3) is 31.6 Å². The third kappa shape index (κ3) is 6.17. The van der Waals surface area contributed by atoms with E-state index in [-0.39, 0.29) is 5.69 Å². The van der Waals surface area contributed by atoms with Crippen molar-refractivity contribution in [3.05, 3.63) is 49.6 Å². The van der Waals surface area contributed by atoms with Crippen molar-refractivity contribution in [2.45, 2.75) is 97.8 Å². The highest BCUT2D eigenvalue weighted by Gasteiger charge is 2.29. The summed E-state index contributed by atoms with van der Waals surface area (Å²) >= 11 is 3.45. The molecule has 2 aromatic heterocycles. The molecule has 0 spiro atoms. The van der Waals surface area contributed by atoms with Gasteiger partial charge in [-0.25, -0.2) is 15.0 Å². The predicted molar refractivity (Wildman–Crippen MR) is 152 cm³/mol. The first-order valence-electron chi connectivity index (χ1n) is 13.6. The molecule has 0 aromatic carbocycles. The topological polar surface area (TPSA) is 72.8 Å². The van der Waals surface area contributed by atoms with Gasteiger partial charge in [0.2, 0.25) is 0 Å². The van der Waals surface area contributed by atoms with E-state index in [2.05, 4.69) is 47.9 Å². The van der Waals surface area contributed by atoms with Gasteiger partial charge in [-0.3, -0.25) is 9.59 Å². The molecule has 7 heteroatoms. The Bertz CT molecular complexity index is 1300. The molecule has 192 valence electrons. The monoisotopic (exact) mass is 523 g/mol. The minimum atomic E-state index is -0.697. The highest BCUT2D eigenvalue weighted by Crippen LogP contribution is 2.42. The van der Waals surface area contributed by atoms with Gasteiger partial charge in [0, 0.05) is 21.5 Å². The molecule has 0 N–H and O–H groups in total. The maximum atomic E-state index is 12.4. The summed E-state index contributed by atoms with van der Waals surface area (Å²) in [6, 6.07) is 4.21. The molecule has 0 bridgehead atoms. The largest absolute Gasteiger partial charge is 0.320 e. The average molecular weight is 524 g/mol. The van der Waals surface area contributed by atoms with Gasteiger partial charge in [0.15, 0.2) is 0 Å². The number of thiazole rings is 1. The van der Waals surface area contributed by atoms with Gasteiger partial charge in [0.05, 0.1) is 15.6 Å². The van der Waals surface area contributed by atoms with Gasteiger partial charge in [-0.15, -0.1) is 22.7 Å². The zero-order valence-corrected chi connectivity index (χ0v) is 23.4. The number of aromatic nitrogens is 3. The molecule has 1 atom stereocenters. The van der Waals surface area contributed by atoms with Gasteiger partial charge in [-0.05, 0) is 37.3 Å². The van der Waals surface area contributed by atoms with Crippen LogP contribution in [0.4, 0.5) is 0 Å². The van der Waals surface area contributed by atoms with Crippen LogP contribution in [0.1, 0.15) is 95.7 Å². The quantitative estimate of drug-likeness (QED) is 0.118. The van der Waals surface area contributed by atoms with Gasteiger partial charge in [-0.2, -0.15) is 0 Å². The Morgan fingerprint density at radius 1 is 0.806 bits per heavy atom. The number of unbranched alkanes of at least 4 members (excludes halogenated alkanes) is 6. The van der Waals surface area contributed by atoms with Gasteiger partial charge in [0.1, 0.15) is 11.4 Å². The second kappa shape index (κ2) is 12.8. The lowest BCUT2D eigenvalue weighted by Crippen LogP contribution is -2.19. The molecule has 0 fully saturated rings. The number of rotatable bonds is 15. The number of aryl methyl sites for hydroxylation is 1. The lowest BCUT2D eigenvalue weighted by atomic mass is 9.93. The molecule has 5 nitrogen and oxygen atoms in total. The summed E-state index contributed by atoms with van der Waals surface area (Å²) in [5, 5.41) is 1.19. The summed E-state index contributed by atoms with van der Waals surface area (Å²) in [5.74, 6) is 0.509. The zero-order chi connectivity index (χ0) is 25.5. The standard InChI is InChI=1S/C29H37N3O2S2/c1-4-7-9-10-11-12-14-24-30-18-23(36-24)21-15-16-22(35-21)25-20(17-19(6-3)13-8-5-2)31-27-26(25)32-29(34)28(27)33/h15-16,18-19H,4-14,17H2,1-3H3. The lowest BCUT2D eigenvalue weighted by Gasteiger charge is -2.13. The normalized spacial score (nSPS) is 12.6. The molecule has 4 heterocycles. The summed E-state index contributed by atoms with van der Waals surface area (Å²) in [5.41, 5.74) is 1.24. The second-order valence-electron chi connectivity index (χ2n) is 9.80. The number of nitrogens with zero attached hydrogens (tertiary/aromatic N) is 3. The van der Waals surface area contributed by atoms with Crippen molar-refractivity contribution in [3.8, 4) is 31.6 Å². The fourth-order valence-electron chi connectivity index (χ4n) is 4.84. The number of fused-ring (bicyclic) bond motifs is 1. The Morgan fingerprint density at radius 2 is 1.56 bits per heavy atom. The van der Waals surface area contributed by atoms with Crippen LogP contribution >= 0.6 is 22.7 Å². The van der Waals surface area contributed by atoms with Gasteiger partial charge in [0.25, 0.3) is 5.43 Å². The van der Waals surface area contributed by atoms with E-state index >= 15 is 0 Å². The van der Waals surface area contributed by atoms with Gasteiger partial charge < -0.3 is 0 Å². The Hall–Kier alpha value is -2.25. The summed E-state index contributed by atoms with van der Waals surface area (Å²) in [4.78, 5) is 41.3. The number of thiophene rings is 1. The molecule has 0 amide bonds. The van der Waals surface area contributed by atoms with Crippen molar-refractivity contribution in [2.75, 3.05) is 0 Å². The van der Waals surface area contributed by atoms with Crippen LogP contribution in [0.3, 0.4) is 0 Å². The van der Waals surface area contributed by atoms with Crippen LogP contribution in [-0.4, -0.2) is 15.0 Å². The smallest absolute Gasteiger partial charge is 0.281 e. The first-order chi connectivity index (χ1) is 17.5. The van der Waals surface area contributed by atoms with Crippen LogP contribution in [0.2, 0.25) is 0 Å². The Labute approximate surface area is 222 Å². The van der Waals surface area contributed by atoms with E-state index in [1.165, 1.54) is 61.3 Å². The second-order valence-corrected chi connectivity index (χ2v) is 12.0. The van der Waals surface area contributed by atoms with E-state index in [9.17, 15) is 9.59 Å². The summed E-state index contributed by atoms with van der Waals surface area (Å²) in [7, 11) is 0. The van der Waals surface area contributed by atoms with E-state index in [1.54, 1.807) is 22.7 Å². The average Bonchev–Trinajstić information content (AvgIpc) is 3.65. The van der Waals surface area contributed by atoms with Crippen molar-refractivity contribution in [2.24, 2.45) is 5.92 Å². The van der Waals surface area contributed by atoms with Crippen LogP contribution in [0, 0.1) is 5.92 Å². The van der Waals surface area contributed by atoms with Crippen LogP contribution < -0.4 is 11.0 Å². The molecule has 0 radical (unpaired) electrons. The highest BCUT2D eigenvalue weighted by molar-refractivity contribution is 7.23. The molecular formula is C29H37N3O2S2. The third-order valence-electron chi connectivity index (χ3n) is 7.04. The van der Waals surface area contributed by atoms with E-state index in [0.717, 1.165) is 46.7 Å². The molecule has 2 aliphatic heterocycles. The first kappa shape index (κ1) is 26.8. The molecule has 4 rings (SSSR count). The third-order valence-corrected chi connectivity index (χ3v) is 9.39. The molecule has 2 aromatic rings. The Balaban J connectivity index is 1.54. The molecular weight excluding hydrogens is 486 g/mol. The van der Waals surface area contributed by atoms with Crippen LogP contribution in [-0.2, 0) is 12.8 Å². The maximum Gasteiger partial charge on any atom is 0.320 e. The van der Waals surface area contributed by atoms with E-state index in [4.69, 9.17) is 0 Å². The van der Waals surface area contributed by atoms with E-state index in [0.29, 0.717) is 11.6 Å². The summed E-state index contributed by atoms with van der Waals surface area (Å²) in [6.45, 7) is 6.67. The van der Waals surface area contributed by atoms with Crippen LogP contribution in [0.5, 0.6) is 0 Å². The first-order valence-corrected chi connectivity index (χ1v) is 15.2. The molecule has 2 aliphatic rings. The molecule has 0 aliphatic carbocycles. The van der Waals surface area contributed by atoms with Crippen molar-refractivity contribution < 1.29 is 0 Å². The summed E-state index contributed by atoms with van der Waals surface area (Å²) in [6.07, 6.45) is 16.1. The van der Waals surface area contributed by atoms with Crippen LogP contribution in [0.15, 0.2) is 27.9 Å². The molecule has 36 heavy (non-hydrogen) atoms. The number of hydrogen-bond acceptors (Lipinski definition) is 7. The highest BCUT2D eigenvalue weighted by atomic mass is 32.1. The zero-order valence-electron chi connectivity index (χ0n) is 21.8. The van der Waals surface area contributed by atoms with Gasteiger partial charge >= 0.3 is 5.56 Å². The number of hydrogen-bond donors (Lipinski definition) is 0. The maximum absolute atomic E-state index is 12.4. The van der Waals surface area contributed by atoms with E-state index < -0.39 is 11.0 Å². The fourth-order valence-corrected chi connectivity index (χ4v) is 6.95. The van der Waals surface area contributed by atoms with Crippen molar-refractivity contribution >= 4 is 22.7 Å². The lowest BCUT2D eigenvalue weighted by molar-refractivity contribution is 0.446. The molecule has 0 saturated carbocycles. The Morgan fingerprint density at radius 3 is 2.33 bits per heavy atom. The van der Waals surface area contributed by atoms with Crippen molar-refractivity contribution in [1.82, 2.24) is 15.0 Å². The minimum Gasteiger partial charge on any atom is -0.281 e. The summed E-state index contributed by atoms with van der Waals surface area (Å²) < 4.78 is 0.